The van der Waals surface area contributed by atoms with Crippen LogP contribution in [-0.4, -0.2) is 59.7 Å². The standard InChI is InChI=1S/C13H17N3O6/c1-20-7-2-4-8(5-3-7)21-13-12(19)11(18)10(15-16-14)9(6-17)22-13/h2-5,9-13,17-19H,6H2,1H3/t9-,10-,11+,12-,13+/m1/s1. The highest BCUT2D eigenvalue weighted by molar-refractivity contribution is 5.31. The average molecular weight is 311 g/mol. The molecule has 9 nitrogen and oxygen atoms in total. The minimum Gasteiger partial charge on any atom is -0.497 e. The summed E-state index contributed by atoms with van der Waals surface area (Å²) in [5, 5.41) is 32.6. The Morgan fingerprint density at radius 2 is 1.86 bits per heavy atom. The van der Waals surface area contributed by atoms with E-state index in [-0.39, 0.29) is 0 Å². The summed E-state index contributed by atoms with van der Waals surface area (Å²) in [6, 6.07) is 5.44. The summed E-state index contributed by atoms with van der Waals surface area (Å²) in [6.45, 7) is -0.490. The minimum absolute atomic E-state index is 0.385. The lowest BCUT2D eigenvalue weighted by atomic mass is 9.97. The van der Waals surface area contributed by atoms with Gasteiger partial charge in [-0.1, -0.05) is 5.11 Å². The molecule has 0 aromatic heterocycles. The van der Waals surface area contributed by atoms with Gasteiger partial charge in [0.2, 0.25) is 6.29 Å². The first-order chi connectivity index (χ1) is 10.6. The second-order valence-electron chi connectivity index (χ2n) is 4.70. The van der Waals surface area contributed by atoms with Gasteiger partial charge in [0.15, 0.2) is 0 Å². The number of rotatable bonds is 5. The van der Waals surface area contributed by atoms with Crippen molar-refractivity contribution in [2.45, 2.75) is 30.6 Å². The fourth-order valence-electron chi connectivity index (χ4n) is 2.16. The minimum atomic E-state index is -1.43. The van der Waals surface area contributed by atoms with Crippen LogP contribution in [0.5, 0.6) is 11.5 Å². The van der Waals surface area contributed by atoms with Crippen LogP contribution >= 0.6 is 0 Å². The number of benzene rings is 1. The van der Waals surface area contributed by atoms with Gasteiger partial charge in [-0.25, -0.2) is 0 Å². The quantitative estimate of drug-likeness (QED) is 0.403. The van der Waals surface area contributed by atoms with Crippen molar-refractivity contribution in [2.24, 2.45) is 5.11 Å². The molecule has 0 aliphatic carbocycles. The fourth-order valence-corrected chi connectivity index (χ4v) is 2.16. The molecule has 1 saturated heterocycles. The van der Waals surface area contributed by atoms with Crippen LogP contribution in [0.3, 0.4) is 0 Å². The summed E-state index contributed by atoms with van der Waals surface area (Å²) in [5.41, 5.74) is 8.47. The van der Waals surface area contributed by atoms with Gasteiger partial charge in [-0.3, -0.25) is 0 Å². The molecule has 5 atom stereocenters. The molecule has 22 heavy (non-hydrogen) atoms. The molecule has 0 bridgehead atoms. The molecule has 3 N–H and O–H groups in total. The number of hydrogen-bond donors (Lipinski definition) is 3. The zero-order chi connectivity index (χ0) is 16.1. The maximum atomic E-state index is 10.0. The normalized spacial score (nSPS) is 31.2. The molecule has 1 heterocycles. The maximum Gasteiger partial charge on any atom is 0.229 e. The fraction of sp³-hybridized carbons (Fsp3) is 0.538. The Morgan fingerprint density at radius 1 is 1.23 bits per heavy atom. The van der Waals surface area contributed by atoms with Crippen LogP contribution in [0.15, 0.2) is 29.4 Å². The van der Waals surface area contributed by atoms with Crippen LogP contribution in [0.1, 0.15) is 0 Å². The zero-order valence-electron chi connectivity index (χ0n) is 11.8. The van der Waals surface area contributed by atoms with Crippen molar-refractivity contribution in [1.82, 2.24) is 0 Å². The lowest BCUT2D eigenvalue weighted by Crippen LogP contribution is -2.59. The zero-order valence-corrected chi connectivity index (χ0v) is 11.8. The first-order valence-electron chi connectivity index (χ1n) is 6.58. The molecular formula is C13H17N3O6. The smallest absolute Gasteiger partial charge is 0.229 e. The Balaban J connectivity index is 2.11. The summed E-state index contributed by atoms with van der Waals surface area (Å²) in [6.07, 6.45) is -5.02. The molecule has 1 aromatic carbocycles. The van der Waals surface area contributed by atoms with E-state index < -0.39 is 37.3 Å². The van der Waals surface area contributed by atoms with E-state index in [9.17, 15) is 15.3 Å². The van der Waals surface area contributed by atoms with Crippen molar-refractivity contribution in [3.63, 3.8) is 0 Å². The van der Waals surface area contributed by atoms with Crippen molar-refractivity contribution in [3.8, 4) is 11.5 Å². The third kappa shape index (κ3) is 3.41. The molecule has 0 saturated carbocycles. The van der Waals surface area contributed by atoms with Crippen LogP contribution in [0.2, 0.25) is 0 Å². The van der Waals surface area contributed by atoms with Crippen molar-refractivity contribution < 1.29 is 29.5 Å². The number of aliphatic hydroxyl groups excluding tert-OH is 3. The summed E-state index contributed by atoms with van der Waals surface area (Å²) < 4.78 is 15.8. The highest BCUT2D eigenvalue weighted by Gasteiger charge is 2.45. The van der Waals surface area contributed by atoms with E-state index >= 15 is 0 Å². The van der Waals surface area contributed by atoms with Gasteiger partial charge in [0.05, 0.1) is 32.0 Å². The molecule has 0 unspecified atom stereocenters. The van der Waals surface area contributed by atoms with Crippen molar-refractivity contribution in [3.05, 3.63) is 34.7 Å². The largest absolute Gasteiger partial charge is 0.497 e. The Hall–Kier alpha value is -2.03. The van der Waals surface area contributed by atoms with E-state index in [1.54, 1.807) is 24.3 Å². The number of nitrogens with zero attached hydrogens (tertiary/aromatic N) is 3. The van der Waals surface area contributed by atoms with E-state index in [4.69, 9.17) is 19.7 Å². The molecule has 120 valence electrons. The van der Waals surface area contributed by atoms with Gasteiger partial charge in [0.1, 0.15) is 17.6 Å². The van der Waals surface area contributed by atoms with Crippen LogP contribution < -0.4 is 9.47 Å². The van der Waals surface area contributed by atoms with Gasteiger partial charge >= 0.3 is 0 Å². The van der Waals surface area contributed by atoms with Crippen LogP contribution in [0.25, 0.3) is 10.4 Å². The van der Waals surface area contributed by atoms with Gasteiger partial charge in [-0.05, 0) is 29.8 Å². The molecular weight excluding hydrogens is 294 g/mol. The summed E-state index contributed by atoms with van der Waals surface area (Å²) in [5.74, 6) is 1.02. The van der Waals surface area contributed by atoms with E-state index in [0.29, 0.717) is 11.5 Å². The molecule has 9 heteroatoms. The van der Waals surface area contributed by atoms with Gasteiger partial charge < -0.3 is 29.5 Å². The summed E-state index contributed by atoms with van der Waals surface area (Å²) in [7, 11) is 1.53. The van der Waals surface area contributed by atoms with Crippen LogP contribution in [0, 0.1) is 0 Å². The van der Waals surface area contributed by atoms with Crippen molar-refractivity contribution in [1.29, 1.82) is 0 Å². The molecule has 0 amide bonds. The van der Waals surface area contributed by atoms with Crippen LogP contribution in [0.4, 0.5) is 0 Å². The number of aliphatic hydroxyl groups is 3. The Kier molecular flexibility index (Phi) is 5.42. The van der Waals surface area contributed by atoms with E-state index in [1.807, 2.05) is 0 Å². The third-order valence-electron chi connectivity index (χ3n) is 3.35. The number of methoxy groups -OCH3 is 1. The highest BCUT2D eigenvalue weighted by atomic mass is 16.7. The lowest BCUT2D eigenvalue weighted by Gasteiger charge is -2.40. The first kappa shape index (κ1) is 16.3. The van der Waals surface area contributed by atoms with Crippen molar-refractivity contribution >= 4 is 0 Å². The lowest BCUT2D eigenvalue weighted by molar-refractivity contribution is -0.247. The average Bonchev–Trinajstić information content (AvgIpc) is 2.55. The SMILES string of the molecule is COc1ccc(O[C@H]2O[C@H](CO)[C@@H](N=[N+]=[N-])[C@H](O)[C@H]2O)cc1. The van der Waals surface area contributed by atoms with E-state index in [1.165, 1.54) is 7.11 Å². The van der Waals surface area contributed by atoms with Gasteiger partial charge in [-0.15, -0.1) is 0 Å². The highest BCUT2D eigenvalue weighted by Crippen LogP contribution is 2.27. The predicted molar refractivity (Wildman–Crippen MR) is 74.3 cm³/mol. The molecule has 1 aliphatic heterocycles. The molecule has 1 aromatic rings. The second kappa shape index (κ2) is 7.30. The van der Waals surface area contributed by atoms with Gasteiger partial charge in [-0.2, -0.15) is 0 Å². The first-order valence-corrected chi connectivity index (χ1v) is 6.58. The Morgan fingerprint density at radius 3 is 2.41 bits per heavy atom. The van der Waals surface area contributed by atoms with Gasteiger partial charge in [0, 0.05) is 4.91 Å². The number of azide groups is 1. The number of hydrogen-bond acceptors (Lipinski definition) is 7. The summed E-state index contributed by atoms with van der Waals surface area (Å²) in [4.78, 5) is 2.58. The Labute approximate surface area is 126 Å². The topological polar surface area (TPSA) is 137 Å². The van der Waals surface area contributed by atoms with Crippen molar-refractivity contribution in [2.75, 3.05) is 13.7 Å². The third-order valence-corrected chi connectivity index (χ3v) is 3.35. The Bertz CT molecular complexity index is 531. The molecule has 1 fully saturated rings. The molecule has 0 radical (unpaired) electrons. The molecule has 1 aliphatic rings. The van der Waals surface area contributed by atoms with E-state index in [2.05, 4.69) is 10.0 Å². The van der Waals surface area contributed by atoms with Crippen LogP contribution in [-0.2, 0) is 4.74 Å². The maximum absolute atomic E-state index is 10.0. The number of ether oxygens (including phenoxy) is 3. The molecule has 0 spiro atoms. The monoisotopic (exact) mass is 311 g/mol. The van der Waals surface area contributed by atoms with Gasteiger partial charge in [0.25, 0.3) is 0 Å². The van der Waals surface area contributed by atoms with E-state index in [0.717, 1.165) is 0 Å². The molecule has 2 rings (SSSR count). The summed E-state index contributed by atoms with van der Waals surface area (Å²) >= 11 is 0. The second-order valence-corrected chi connectivity index (χ2v) is 4.70. The predicted octanol–water partition coefficient (Wildman–Crippen LogP) is 0.192.